The maximum atomic E-state index is 12.8. The minimum Gasteiger partial charge on any atom is -0.463 e. The molecule has 484 valence electrons. The molecule has 0 saturated carbocycles. The molecule has 0 fully saturated rings. The monoisotopic (exact) mass is 1220 g/mol. The van der Waals surface area contributed by atoms with Crippen LogP contribution in [0, 0.1) is 0 Å². The Morgan fingerprint density at radius 3 is 1.01 bits per heavy atom. The number of aliphatic hydroxyl groups excluding tert-OH is 2. The van der Waals surface area contributed by atoms with E-state index < -0.39 is 91.5 Å². The smallest absolute Gasteiger partial charge is 0.463 e. The molecule has 5 unspecified atom stereocenters. The van der Waals surface area contributed by atoms with Gasteiger partial charge in [0.1, 0.15) is 25.4 Å². The van der Waals surface area contributed by atoms with Gasteiger partial charge in [0, 0.05) is 19.3 Å². The number of hydrogen-bond acceptors (Lipinski definition) is 14. The van der Waals surface area contributed by atoms with Gasteiger partial charge in [-0.15, -0.1) is 0 Å². The molecule has 0 heterocycles. The molecule has 0 radical (unpaired) electrons. The highest BCUT2D eigenvalue weighted by atomic mass is 31.2. The number of hydrogen-bond donors (Lipinski definition) is 4. The summed E-state index contributed by atoms with van der Waals surface area (Å²) in [6.45, 7) is 2.54. The van der Waals surface area contributed by atoms with Gasteiger partial charge < -0.3 is 34.2 Å². The summed E-state index contributed by atoms with van der Waals surface area (Å²) in [5, 5.41) is 20.5. The largest absolute Gasteiger partial charge is 0.472 e. The van der Waals surface area contributed by atoms with Crippen LogP contribution >= 0.6 is 15.6 Å². The van der Waals surface area contributed by atoms with Crippen LogP contribution in [0.4, 0.5) is 0 Å². The minimum absolute atomic E-state index is 0.112. The van der Waals surface area contributed by atoms with Gasteiger partial charge in [0.25, 0.3) is 0 Å². The summed E-state index contributed by atoms with van der Waals surface area (Å²) < 4.78 is 60.6. The average molecular weight is 1220 g/mol. The zero-order valence-corrected chi connectivity index (χ0v) is 53.9. The molecule has 16 nitrogen and oxygen atoms in total. The number of ether oxygens (including phenoxy) is 3. The fourth-order valence-electron chi connectivity index (χ4n) is 8.77. The first-order chi connectivity index (χ1) is 40.2. The number of aliphatic hydroxyl groups is 2. The van der Waals surface area contributed by atoms with E-state index in [1.807, 2.05) is 0 Å². The topological polar surface area (TPSA) is 231 Å². The number of allylic oxidation sites excluding steroid dienone is 10. The summed E-state index contributed by atoms with van der Waals surface area (Å²) in [7, 11) is -9.75. The predicted octanol–water partition coefficient (Wildman–Crippen LogP) is 17.4. The van der Waals surface area contributed by atoms with E-state index in [1.54, 1.807) is 0 Å². The molecule has 0 aromatic heterocycles. The average Bonchev–Trinajstić information content (AvgIpc) is 3.46. The van der Waals surface area contributed by atoms with E-state index >= 15 is 0 Å². The van der Waals surface area contributed by atoms with Crippen molar-refractivity contribution in [1.29, 1.82) is 0 Å². The molecular weight excluding hydrogens is 1100 g/mol. The summed E-state index contributed by atoms with van der Waals surface area (Å²) in [4.78, 5) is 58.1. The van der Waals surface area contributed by atoms with Gasteiger partial charge in [-0.1, -0.05) is 255 Å². The van der Waals surface area contributed by atoms with Gasteiger partial charge in [-0.3, -0.25) is 32.5 Å². The van der Waals surface area contributed by atoms with Gasteiger partial charge in [0.15, 0.2) is 6.10 Å². The summed E-state index contributed by atoms with van der Waals surface area (Å²) in [6.07, 6.45) is 58.7. The van der Waals surface area contributed by atoms with Crippen LogP contribution in [-0.4, -0.2) is 95.9 Å². The maximum absolute atomic E-state index is 12.8. The first kappa shape index (κ1) is 80.2. The van der Waals surface area contributed by atoms with Crippen LogP contribution in [0.25, 0.3) is 0 Å². The molecule has 0 aliphatic rings. The van der Waals surface area contributed by atoms with Crippen LogP contribution in [-0.2, 0) is 55.8 Å². The molecule has 0 aliphatic heterocycles. The quantitative estimate of drug-likeness (QED) is 0.0146. The van der Waals surface area contributed by atoms with Crippen LogP contribution in [0.2, 0.25) is 0 Å². The van der Waals surface area contributed by atoms with Gasteiger partial charge in [-0.2, -0.15) is 0 Å². The van der Waals surface area contributed by atoms with Crippen molar-refractivity contribution in [2.75, 3.05) is 39.6 Å². The summed E-state index contributed by atoms with van der Waals surface area (Å²) in [5.41, 5.74) is 0. The second-order valence-corrected chi connectivity index (χ2v) is 24.8. The highest BCUT2D eigenvalue weighted by Crippen LogP contribution is 2.45. The van der Waals surface area contributed by atoms with E-state index in [0.29, 0.717) is 19.3 Å². The lowest BCUT2D eigenvalue weighted by atomic mass is 10.1. The van der Waals surface area contributed by atoms with E-state index in [9.17, 15) is 43.5 Å². The molecule has 4 N–H and O–H groups in total. The van der Waals surface area contributed by atoms with Gasteiger partial charge >= 0.3 is 33.6 Å². The third-order valence-electron chi connectivity index (χ3n) is 13.8. The zero-order valence-electron chi connectivity index (χ0n) is 52.1. The Morgan fingerprint density at radius 1 is 0.349 bits per heavy atom. The molecule has 83 heavy (non-hydrogen) atoms. The van der Waals surface area contributed by atoms with Crippen LogP contribution < -0.4 is 0 Å². The molecule has 0 aliphatic carbocycles. The minimum atomic E-state index is -4.90. The summed E-state index contributed by atoms with van der Waals surface area (Å²) >= 11 is 0. The first-order valence-electron chi connectivity index (χ1n) is 32.6. The van der Waals surface area contributed by atoms with Crippen molar-refractivity contribution in [3.05, 3.63) is 60.8 Å². The summed E-state index contributed by atoms with van der Waals surface area (Å²) in [5.74, 6) is -1.57. The van der Waals surface area contributed by atoms with Gasteiger partial charge in [-0.25, -0.2) is 9.13 Å². The van der Waals surface area contributed by atoms with Gasteiger partial charge in [-0.05, 0) is 64.2 Å². The fourth-order valence-corrected chi connectivity index (χ4v) is 10.4. The Bertz CT molecular complexity index is 1770. The van der Waals surface area contributed by atoms with Crippen LogP contribution in [0.5, 0.6) is 0 Å². The number of phosphoric ester groups is 2. The maximum Gasteiger partial charge on any atom is 0.472 e. The van der Waals surface area contributed by atoms with Crippen molar-refractivity contribution in [3.8, 4) is 0 Å². The van der Waals surface area contributed by atoms with Crippen molar-refractivity contribution in [2.45, 2.75) is 296 Å². The van der Waals surface area contributed by atoms with Crippen molar-refractivity contribution < 1.29 is 75.8 Å². The number of carbonyl (C=O) groups is 3. The molecule has 0 amide bonds. The highest BCUT2D eigenvalue weighted by Gasteiger charge is 2.29. The number of esters is 3. The standard InChI is InChI=1S/C65H118O16P2/c1-4-7-10-13-16-19-22-23-24-25-26-27-28-29-30-31-32-33-34-35-38-40-42-45-48-51-63(68)75-54-60(66)55-77-82(71,72)78-56-61(67)57-79-83(73,74)80-59-62(81-65(70)53-50-47-44-41-37-21-18-15-12-9-6-3)58-76-64(69)52-49-46-43-39-36-20-17-14-11-8-5-2/h7,10,16,19,23-24,26-27,29-30,60-62,66-67H,4-6,8-9,11-15,17-18,20-22,25,28,31-59H2,1-3H3,(H,71,72)(H,73,74)/b10-7-,19-16-,24-23-,27-26-,30-29-. The molecule has 5 atom stereocenters. The number of rotatable bonds is 62. The molecule has 0 saturated heterocycles. The lowest BCUT2D eigenvalue weighted by Crippen LogP contribution is -2.30. The van der Waals surface area contributed by atoms with Crippen LogP contribution in [0.1, 0.15) is 278 Å². The molecule has 0 bridgehead atoms. The van der Waals surface area contributed by atoms with Gasteiger partial charge in [0.2, 0.25) is 0 Å². The van der Waals surface area contributed by atoms with E-state index in [1.165, 1.54) is 109 Å². The lowest BCUT2D eigenvalue weighted by Gasteiger charge is -2.21. The molecular formula is C65H118O16P2. The van der Waals surface area contributed by atoms with Crippen molar-refractivity contribution >= 4 is 33.6 Å². The van der Waals surface area contributed by atoms with Crippen LogP contribution in [0.3, 0.4) is 0 Å². The third kappa shape index (κ3) is 60.7. The zero-order chi connectivity index (χ0) is 61.0. The summed E-state index contributed by atoms with van der Waals surface area (Å²) in [6, 6.07) is 0. The molecule has 0 spiro atoms. The van der Waals surface area contributed by atoms with Crippen LogP contribution in [0.15, 0.2) is 60.8 Å². The second-order valence-electron chi connectivity index (χ2n) is 21.9. The van der Waals surface area contributed by atoms with E-state index in [0.717, 1.165) is 109 Å². The Hall–Kier alpha value is -2.75. The number of carbonyl (C=O) groups excluding carboxylic acids is 3. The highest BCUT2D eigenvalue weighted by molar-refractivity contribution is 7.47. The first-order valence-corrected chi connectivity index (χ1v) is 35.6. The van der Waals surface area contributed by atoms with Gasteiger partial charge in [0.05, 0.1) is 26.4 Å². The molecule has 0 aromatic carbocycles. The van der Waals surface area contributed by atoms with E-state index in [2.05, 4.69) is 81.5 Å². The third-order valence-corrected chi connectivity index (χ3v) is 15.7. The van der Waals surface area contributed by atoms with Crippen molar-refractivity contribution in [2.24, 2.45) is 0 Å². The Balaban J connectivity index is 4.43. The normalized spacial score (nSPS) is 14.7. The van der Waals surface area contributed by atoms with E-state index in [-0.39, 0.29) is 19.3 Å². The Morgan fingerprint density at radius 2 is 0.639 bits per heavy atom. The molecule has 0 rings (SSSR count). The lowest BCUT2D eigenvalue weighted by molar-refractivity contribution is -0.161. The number of phosphoric acid groups is 2. The molecule has 0 aromatic rings. The SMILES string of the molecule is CC/C=C\C/C=C\C/C=C\C/C=C\C/C=C\CCCCCCCCCCCC(=O)OCC(O)COP(=O)(O)OCC(O)COP(=O)(O)OCC(COC(=O)CCCCCCCCCCCCC)OC(=O)CCCCCCCCCCCCC. The predicted molar refractivity (Wildman–Crippen MR) is 335 cm³/mol. The fraction of sp³-hybridized carbons (Fsp3) is 0.800. The van der Waals surface area contributed by atoms with E-state index in [4.69, 9.17) is 32.3 Å². The second kappa shape index (κ2) is 59.6. The number of unbranched alkanes of at least 4 members (excludes halogenated alkanes) is 29. The van der Waals surface area contributed by atoms with Crippen molar-refractivity contribution in [1.82, 2.24) is 0 Å². The van der Waals surface area contributed by atoms with Crippen molar-refractivity contribution in [3.63, 3.8) is 0 Å². The molecule has 18 heteroatoms. The Labute approximate surface area is 503 Å². The Kier molecular flexibility index (Phi) is 57.6.